The second kappa shape index (κ2) is 5.43. The van der Waals surface area contributed by atoms with Gasteiger partial charge in [0.25, 0.3) is 5.56 Å². The molecule has 3 aromatic rings. The molecule has 7 heteroatoms. The lowest BCUT2D eigenvalue weighted by Gasteiger charge is -2.27. The van der Waals surface area contributed by atoms with Gasteiger partial charge in [-0.15, -0.1) is 0 Å². The second-order valence-corrected chi connectivity index (χ2v) is 6.24. The van der Waals surface area contributed by atoms with E-state index in [0.29, 0.717) is 17.9 Å². The Labute approximate surface area is 136 Å². The summed E-state index contributed by atoms with van der Waals surface area (Å²) in [5.74, 6) is -0.250. The predicted octanol–water partition coefficient (Wildman–Crippen LogP) is 2.61. The first-order valence-electron chi connectivity index (χ1n) is 7.42. The maximum atomic E-state index is 13.3. The highest BCUT2D eigenvalue weighted by Gasteiger charge is 2.20. The van der Waals surface area contributed by atoms with Crippen molar-refractivity contribution in [2.75, 3.05) is 6.54 Å². The molecule has 0 saturated heterocycles. The van der Waals surface area contributed by atoms with Crippen molar-refractivity contribution in [1.29, 1.82) is 0 Å². The van der Waals surface area contributed by atoms with E-state index in [-0.39, 0.29) is 11.4 Å². The number of fused-ring (bicyclic) bond motifs is 2. The van der Waals surface area contributed by atoms with E-state index in [9.17, 15) is 9.18 Å². The zero-order valence-corrected chi connectivity index (χ0v) is 13.1. The van der Waals surface area contributed by atoms with Gasteiger partial charge in [-0.1, -0.05) is 0 Å². The molecule has 1 aromatic carbocycles. The van der Waals surface area contributed by atoms with Gasteiger partial charge in [-0.25, -0.2) is 4.39 Å². The van der Waals surface area contributed by atoms with Crippen LogP contribution in [0.1, 0.15) is 16.8 Å². The van der Waals surface area contributed by atoms with E-state index in [2.05, 4.69) is 19.9 Å². The highest BCUT2D eigenvalue weighted by molar-refractivity contribution is 7.71. The lowest BCUT2D eigenvalue weighted by molar-refractivity contribution is 0.242. The molecule has 0 amide bonds. The van der Waals surface area contributed by atoms with Crippen molar-refractivity contribution in [3.8, 4) is 0 Å². The van der Waals surface area contributed by atoms with Crippen molar-refractivity contribution in [2.45, 2.75) is 19.5 Å². The van der Waals surface area contributed by atoms with E-state index >= 15 is 0 Å². The van der Waals surface area contributed by atoms with Crippen LogP contribution in [0.5, 0.6) is 0 Å². The van der Waals surface area contributed by atoms with E-state index < -0.39 is 0 Å². The number of rotatable bonds is 2. The summed E-state index contributed by atoms with van der Waals surface area (Å²) in [6.45, 7) is 2.13. The Balaban J connectivity index is 1.62. The Morgan fingerprint density at radius 1 is 1.30 bits per heavy atom. The zero-order chi connectivity index (χ0) is 16.0. The number of halogens is 1. The number of hydrogen-bond acceptors (Lipinski definition) is 3. The largest absolute Gasteiger partial charge is 0.361 e. The Morgan fingerprint density at radius 2 is 2.17 bits per heavy atom. The fourth-order valence-corrected chi connectivity index (χ4v) is 3.39. The molecule has 118 valence electrons. The molecule has 0 bridgehead atoms. The number of hydrogen-bond donors (Lipinski definition) is 3. The van der Waals surface area contributed by atoms with Gasteiger partial charge in [0.2, 0.25) is 0 Å². The minimum absolute atomic E-state index is 0.116. The van der Waals surface area contributed by atoms with E-state index in [4.69, 9.17) is 12.2 Å². The molecule has 0 fully saturated rings. The van der Waals surface area contributed by atoms with Gasteiger partial charge in [0.05, 0.1) is 5.56 Å². The van der Waals surface area contributed by atoms with E-state index in [1.807, 2.05) is 6.20 Å². The minimum atomic E-state index is -0.250. The number of nitrogens with one attached hydrogen (secondary N) is 3. The molecule has 5 nitrogen and oxygen atoms in total. The summed E-state index contributed by atoms with van der Waals surface area (Å²) in [4.78, 5) is 23.1. The third-order valence-corrected chi connectivity index (χ3v) is 4.52. The van der Waals surface area contributed by atoms with Crippen LogP contribution in [-0.2, 0) is 19.5 Å². The van der Waals surface area contributed by atoms with Gasteiger partial charge in [-0.3, -0.25) is 14.7 Å². The normalized spacial score (nSPS) is 15.0. The van der Waals surface area contributed by atoms with Crippen molar-refractivity contribution in [1.82, 2.24) is 19.9 Å². The smallest absolute Gasteiger partial charge is 0.256 e. The van der Waals surface area contributed by atoms with Gasteiger partial charge < -0.3 is 9.97 Å². The molecule has 0 atom stereocenters. The monoisotopic (exact) mass is 330 g/mol. The number of aromatic amines is 3. The number of H-pyrrole nitrogens is 3. The fourth-order valence-electron chi connectivity index (χ4n) is 3.18. The van der Waals surface area contributed by atoms with Gasteiger partial charge in [0, 0.05) is 48.8 Å². The molecule has 1 aliphatic rings. The summed E-state index contributed by atoms with van der Waals surface area (Å²) in [7, 11) is 0. The maximum Gasteiger partial charge on any atom is 0.256 e. The van der Waals surface area contributed by atoms with E-state index in [0.717, 1.165) is 40.7 Å². The summed E-state index contributed by atoms with van der Waals surface area (Å²) >= 11 is 5.01. The van der Waals surface area contributed by atoms with Crippen LogP contribution in [0.4, 0.5) is 4.39 Å². The van der Waals surface area contributed by atoms with Gasteiger partial charge in [-0.2, -0.15) is 0 Å². The zero-order valence-electron chi connectivity index (χ0n) is 12.3. The van der Waals surface area contributed by atoms with Crippen LogP contribution in [0.25, 0.3) is 10.9 Å². The molecular weight excluding hydrogens is 315 g/mol. The number of benzene rings is 1. The quantitative estimate of drug-likeness (QED) is 0.633. The van der Waals surface area contributed by atoms with Crippen LogP contribution < -0.4 is 5.56 Å². The molecule has 3 heterocycles. The fraction of sp³-hybridized carbons (Fsp3) is 0.250. The Kier molecular flexibility index (Phi) is 3.39. The summed E-state index contributed by atoms with van der Waals surface area (Å²) in [5.41, 5.74) is 3.45. The average Bonchev–Trinajstić information content (AvgIpc) is 2.90. The molecule has 0 unspecified atom stereocenters. The highest BCUT2D eigenvalue weighted by atomic mass is 32.1. The van der Waals surface area contributed by atoms with Crippen LogP contribution >= 0.6 is 12.2 Å². The van der Waals surface area contributed by atoms with Crippen molar-refractivity contribution in [2.24, 2.45) is 0 Å². The van der Waals surface area contributed by atoms with Crippen LogP contribution in [0.3, 0.4) is 0 Å². The molecule has 0 saturated carbocycles. The Morgan fingerprint density at radius 3 is 3.04 bits per heavy atom. The van der Waals surface area contributed by atoms with Crippen LogP contribution in [0.2, 0.25) is 0 Å². The minimum Gasteiger partial charge on any atom is -0.361 e. The molecule has 23 heavy (non-hydrogen) atoms. The summed E-state index contributed by atoms with van der Waals surface area (Å²) < 4.78 is 13.6. The van der Waals surface area contributed by atoms with E-state index in [1.54, 1.807) is 6.07 Å². The molecule has 0 spiro atoms. The summed E-state index contributed by atoms with van der Waals surface area (Å²) in [6.07, 6.45) is 2.67. The molecule has 3 N–H and O–H groups in total. The second-order valence-electron chi connectivity index (χ2n) is 5.83. The first-order chi connectivity index (χ1) is 11.1. The molecule has 4 rings (SSSR count). The van der Waals surface area contributed by atoms with Crippen molar-refractivity contribution < 1.29 is 4.39 Å². The third-order valence-electron chi connectivity index (χ3n) is 4.31. The average molecular weight is 330 g/mol. The topological polar surface area (TPSA) is 67.7 Å². The van der Waals surface area contributed by atoms with Crippen molar-refractivity contribution in [3.05, 3.63) is 62.2 Å². The van der Waals surface area contributed by atoms with E-state index in [1.165, 1.54) is 12.1 Å². The van der Waals surface area contributed by atoms with Gasteiger partial charge in [-0.05, 0) is 36.0 Å². The lowest BCUT2D eigenvalue weighted by atomic mass is 10.1. The number of aromatic nitrogens is 3. The van der Waals surface area contributed by atoms with Crippen LogP contribution in [0, 0.1) is 10.6 Å². The molecular formula is C16H15FN4OS. The first kappa shape index (κ1) is 14.3. The Hall–Kier alpha value is -2.25. The van der Waals surface area contributed by atoms with Gasteiger partial charge >= 0.3 is 0 Å². The number of nitrogens with zero attached hydrogens (tertiary/aromatic N) is 1. The first-order valence-corrected chi connectivity index (χ1v) is 7.83. The van der Waals surface area contributed by atoms with Gasteiger partial charge in [0.1, 0.15) is 5.82 Å². The predicted molar refractivity (Wildman–Crippen MR) is 88.3 cm³/mol. The SMILES string of the molecule is O=c1[nH]c(=S)[nH]c2c1CN(Cc1c[nH]c3cc(F)ccc13)CC2. The maximum absolute atomic E-state index is 13.3. The lowest BCUT2D eigenvalue weighted by Crippen LogP contribution is -2.35. The van der Waals surface area contributed by atoms with Crippen molar-refractivity contribution >= 4 is 23.1 Å². The van der Waals surface area contributed by atoms with Crippen LogP contribution in [0.15, 0.2) is 29.2 Å². The molecule has 2 aromatic heterocycles. The standard InChI is InChI=1S/C16H15FN4OS/c17-10-1-2-11-9(6-18-14(11)5-10)7-21-4-3-13-12(8-21)15(22)20-16(23)19-13/h1-2,5-6,18H,3-4,7-8H2,(H2,19,20,22,23). The van der Waals surface area contributed by atoms with Crippen LogP contribution in [-0.4, -0.2) is 26.4 Å². The highest BCUT2D eigenvalue weighted by Crippen LogP contribution is 2.23. The third kappa shape index (κ3) is 2.62. The molecule has 1 aliphatic heterocycles. The summed E-state index contributed by atoms with van der Waals surface area (Å²) in [5, 5.41) is 1.01. The molecule has 0 radical (unpaired) electrons. The Bertz CT molecular complexity index is 1000. The molecule has 0 aliphatic carbocycles. The van der Waals surface area contributed by atoms with Gasteiger partial charge in [0.15, 0.2) is 4.77 Å². The summed E-state index contributed by atoms with van der Waals surface area (Å²) in [6, 6.07) is 4.75. The van der Waals surface area contributed by atoms with Crippen molar-refractivity contribution in [3.63, 3.8) is 0 Å².